The fourth-order valence-electron chi connectivity index (χ4n) is 2.88. The predicted molar refractivity (Wildman–Crippen MR) is 84.5 cm³/mol. The molecule has 21 heavy (non-hydrogen) atoms. The van der Waals surface area contributed by atoms with E-state index in [0.717, 1.165) is 19.0 Å². The summed E-state index contributed by atoms with van der Waals surface area (Å²) < 4.78 is 16.5. The van der Waals surface area contributed by atoms with Crippen molar-refractivity contribution in [1.82, 2.24) is 5.32 Å². The lowest BCUT2D eigenvalue weighted by Gasteiger charge is -2.22. The molecule has 1 saturated carbocycles. The molecule has 0 heterocycles. The minimum atomic E-state index is 0.615. The highest BCUT2D eigenvalue weighted by atomic mass is 16.5. The summed E-state index contributed by atoms with van der Waals surface area (Å²) in [4.78, 5) is 0. The standard InChI is InChI=1S/C17H27NO3/c1-19-15-9-6-10-16(20-2)17(15)21-12-11-18-13-14-7-4-3-5-8-14/h6,9-10,14,18H,3-5,7-8,11-13H2,1-2H3. The maximum absolute atomic E-state index is 5.83. The first-order valence-corrected chi connectivity index (χ1v) is 7.89. The van der Waals surface area contributed by atoms with Crippen LogP contribution in [0.5, 0.6) is 17.2 Å². The molecular weight excluding hydrogens is 266 g/mol. The minimum absolute atomic E-state index is 0.615. The molecule has 4 nitrogen and oxygen atoms in total. The van der Waals surface area contributed by atoms with E-state index in [1.165, 1.54) is 32.1 Å². The van der Waals surface area contributed by atoms with Gasteiger partial charge >= 0.3 is 0 Å². The average Bonchev–Trinajstić information content (AvgIpc) is 2.55. The predicted octanol–water partition coefficient (Wildman–Crippen LogP) is 3.25. The van der Waals surface area contributed by atoms with Crippen molar-refractivity contribution in [3.63, 3.8) is 0 Å². The van der Waals surface area contributed by atoms with E-state index in [1.54, 1.807) is 14.2 Å². The maximum atomic E-state index is 5.83. The van der Waals surface area contributed by atoms with Crippen LogP contribution >= 0.6 is 0 Å². The summed E-state index contributed by atoms with van der Waals surface area (Å²) in [6, 6.07) is 5.66. The summed E-state index contributed by atoms with van der Waals surface area (Å²) >= 11 is 0. The Labute approximate surface area is 127 Å². The number of para-hydroxylation sites is 1. The molecule has 2 rings (SSSR count). The fraction of sp³-hybridized carbons (Fsp3) is 0.647. The van der Waals surface area contributed by atoms with Crippen LogP contribution in [0.1, 0.15) is 32.1 Å². The van der Waals surface area contributed by atoms with Crippen molar-refractivity contribution < 1.29 is 14.2 Å². The first kappa shape index (κ1) is 16.0. The van der Waals surface area contributed by atoms with E-state index < -0.39 is 0 Å². The third-order valence-electron chi connectivity index (χ3n) is 4.07. The quantitative estimate of drug-likeness (QED) is 0.747. The normalized spacial score (nSPS) is 15.7. The minimum Gasteiger partial charge on any atom is -0.493 e. The summed E-state index contributed by atoms with van der Waals surface area (Å²) in [5.41, 5.74) is 0. The van der Waals surface area contributed by atoms with Crippen LogP contribution in [0.25, 0.3) is 0 Å². The molecular formula is C17H27NO3. The fourth-order valence-corrected chi connectivity index (χ4v) is 2.88. The summed E-state index contributed by atoms with van der Waals surface area (Å²) in [5.74, 6) is 2.95. The van der Waals surface area contributed by atoms with Crippen LogP contribution in [-0.2, 0) is 0 Å². The Kier molecular flexibility index (Phi) is 6.67. The van der Waals surface area contributed by atoms with E-state index in [9.17, 15) is 0 Å². The summed E-state index contributed by atoms with van der Waals surface area (Å²) in [5, 5.41) is 3.49. The van der Waals surface area contributed by atoms with Crippen LogP contribution in [0.2, 0.25) is 0 Å². The first-order valence-electron chi connectivity index (χ1n) is 7.89. The van der Waals surface area contributed by atoms with E-state index >= 15 is 0 Å². The Balaban J connectivity index is 1.72. The first-order chi connectivity index (χ1) is 10.3. The SMILES string of the molecule is COc1cccc(OC)c1OCCNCC1CCCCC1. The second kappa shape index (κ2) is 8.78. The zero-order valence-electron chi connectivity index (χ0n) is 13.2. The molecule has 1 aliphatic carbocycles. The zero-order chi connectivity index (χ0) is 14.9. The maximum Gasteiger partial charge on any atom is 0.203 e. The van der Waals surface area contributed by atoms with Crippen LogP contribution < -0.4 is 19.5 Å². The molecule has 1 N–H and O–H groups in total. The number of methoxy groups -OCH3 is 2. The van der Waals surface area contributed by atoms with Gasteiger partial charge in [-0.15, -0.1) is 0 Å². The van der Waals surface area contributed by atoms with Crippen molar-refractivity contribution in [2.24, 2.45) is 5.92 Å². The molecule has 1 aromatic carbocycles. The Hall–Kier alpha value is -1.42. The second-order valence-electron chi connectivity index (χ2n) is 5.55. The van der Waals surface area contributed by atoms with Gasteiger partial charge < -0.3 is 19.5 Å². The van der Waals surface area contributed by atoms with Crippen LogP contribution in [-0.4, -0.2) is 33.9 Å². The van der Waals surface area contributed by atoms with Crippen LogP contribution in [0.4, 0.5) is 0 Å². The van der Waals surface area contributed by atoms with Crippen molar-refractivity contribution in [2.75, 3.05) is 33.9 Å². The number of rotatable bonds is 8. The molecule has 118 valence electrons. The smallest absolute Gasteiger partial charge is 0.203 e. The highest BCUT2D eigenvalue weighted by Gasteiger charge is 2.13. The summed E-state index contributed by atoms with van der Waals surface area (Å²) in [6.45, 7) is 2.56. The van der Waals surface area contributed by atoms with E-state index in [0.29, 0.717) is 23.9 Å². The molecule has 0 amide bonds. The van der Waals surface area contributed by atoms with Gasteiger partial charge in [-0.25, -0.2) is 0 Å². The van der Waals surface area contributed by atoms with Crippen LogP contribution in [0.3, 0.4) is 0 Å². The summed E-state index contributed by atoms with van der Waals surface area (Å²) in [6.07, 6.45) is 6.93. The van der Waals surface area contributed by atoms with Crippen molar-refractivity contribution in [3.05, 3.63) is 18.2 Å². The number of nitrogens with one attached hydrogen (secondary N) is 1. The zero-order valence-corrected chi connectivity index (χ0v) is 13.2. The largest absolute Gasteiger partial charge is 0.493 e. The topological polar surface area (TPSA) is 39.7 Å². The molecule has 0 radical (unpaired) electrons. The molecule has 4 heteroatoms. The lowest BCUT2D eigenvalue weighted by molar-refractivity contribution is 0.266. The van der Waals surface area contributed by atoms with E-state index in [4.69, 9.17) is 14.2 Å². The van der Waals surface area contributed by atoms with E-state index in [2.05, 4.69) is 5.32 Å². The molecule has 0 aromatic heterocycles. The van der Waals surface area contributed by atoms with Crippen LogP contribution in [0.15, 0.2) is 18.2 Å². The van der Waals surface area contributed by atoms with Gasteiger partial charge in [0.15, 0.2) is 11.5 Å². The molecule has 1 aliphatic rings. The van der Waals surface area contributed by atoms with Gasteiger partial charge in [-0.1, -0.05) is 25.3 Å². The Morgan fingerprint density at radius 3 is 2.33 bits per heavy atom. The van der Waals surface area contributed by atoms with Crippen molar-refractivity contribution >= 4 is 0 Å². The Morgan fingerprint density at radius 1 is 1.05 bits per heavy atom. The van der Waals surface area contributed by atoms with Crippen molar-refractivity contribution in [3.8, 4) is 17.2 Å². The lowest BCUT2D eigenvalue weighted by Crippen LogP contribution is -2.28. The number of hydrogen-bond acceptors (Lipinski definition) is 4. The highest BCUT2D eigenvalue weighted by molar-refractivity contribution is 5.51. The van der Waals surface area contributed by atoms with Gasteiger partial charge in [-0.2, -0.15) is 0 Å². The van der Waals surface area contributed by atoms with E-state index in [1.807, 2.05) is 18.2 Å². The third-order valence-corrected chi connectivity index (χ3v) is 4.07. The monoisotopic (exact) mass is 293 g/mol. The molecule has 0 spiro atoms. The number of ether oxygens (including phenoxy) is 3. The van der Waals surface area contributed by atoms with Gasteiger partial charge in [0.1, 0.15) is 6.61 Å². The van der Waals surface area contributed by atoms with Gasteiger partial charge in [-0.3, -0.25) is 0 Å². The molecule has 1 fully saturated rings. The Morgan fingerprint density at radius 2 is 1.71 bits per heavy atom. The van der Waals surface area contributed by atoms with Gasteiger partial charge in [0, 0.05) is 6.54 Å². The van der Waals surface area contributed by atoms with E-state index in [-0.39, 0.29) is 0 Å². The lowest BCUT2D eigenvalue weighted by atomic mass is 9.89. The molecule has 0 bridgehead atoms. The molecule has 1 aromatic rings. The summed E-state index contributed by atoms with van der Waals surface area (Å²) in [7, 11) is 3.28. The van der Waals surface area contributed by atoms with Gasteiger partial charge in [-0.05, 0) is 37.4 Å². The van der Waals surface area contributed by atoms with Gasteiger partial charge in [0.25, 0.3) is 0 Å². The average molecular weight is 293 g/mol. The molecule has 0 saturated heterocycles. The third kappa shape index (κ3) is 4.81. The Bertz CT molecular complexity index is 394. The molecule has 0 aliphatic heterocycles. The molecule has 0 atom stereocenters. The molecule has 0 unspecified atom stereocenters. The number of hydrogen-bond donors (Lipinski definition) is 1. The number of benzene rings is 1. The van der Waals surface area contributed by atoms with Gasteiger partial charge in [0.05, 0.1) is 14.2 Å². The van der Waals surface area contributed by atoms with Crippen LogP contribution in [0, 0.1) is 5.92 Å². The van der Waals surface area contributed by atoms with Gasteiger partial charge in [0.2, 0.25) is 5.75 Å². The van der Waals surface area contributed by atoms with Crippen molar-refractivity contribution in [2.45, 2.75) is 32.1 Å². The second-order valence-corrected chi connectivity index (χ2v) is 5.55. The van der Waals surface area contributed by atoms with Crippen molar-refractivity contribution in [1.29, 1.82) is 0 Å². The highest BCUT2D eigenvalue weighted by Crippen LogP contribution is 2.36.